The van der Waals surface area contributed by atoms with Crippen molar-refractivity contribution in [1.29, 1.82) is 0 Å². The molecule has 1 aliphatic rings. The lowest BCUT2D eigenvalue weighted by Crippen LogP contribution is -2.26. The molecular formula is C19H19F4N3O. The number of halogens is 4. The van der Waals surface area contributed by atoms with Crippen molar-refractivity contribution in [3.05, 3.63) is 65.0 Å². The van der Waals surface area contributed by atoms with Gasteiger partial charge in [-0.25, -0.2) is 4.39 Å². The molecule has 1 aliphatic heterocycles. The predicted octanol–water partition coefficient (Wildman–Crippen LogP) is 4.35. The van der Waals surface area contributed by atoms with Gasteiger partial charge in [0.05, 0.1) is 6.04 Å². The average molecular weight is 381 g/mol. The molecule has 8 heteroatoms. The van der Waals surface area contributed by atoms with Crippen LogP contribution in [0.2, 0.25) is 0 Å². The molecule has 2 N–H and O–H groups in total. The number of rotatable bonds is 3. The molecule has 2 atom stereocenters. The maximum absolute atomic E-state index is 14.3. The third-order valence-electron chi connectivity index (χ3n) is 4.52. The Morgan fingerprint density at radius 1 is 1.26 bits per heavy atom. The van der Waals surface area contributed by atoms with E-state index in [-0.39, 0.29) is 0 Å². The molecule has 0 aliphatic carbocycles. The first kappa shape index (κ1) is 19.2. The summed E-state index contributed by atoms with van der Waals surface area (Å²) in [6.45, 7) is 1.79. The largest absolute Gasteiger partial charge is 0.573 e. The van der Waals surface area contributed by atoms with Gasteiger partial charge in [0.1, 0.15) is 11.9 Å². The lowest BCUT2D eigenvalue weighted by molar-refractivity contribution is -0.274. The first-order valence-corrected chi connectivity index (χ1v) is 8.31. The van der Waals surface area contributed by atoms with Gasteiger partial charge in [0.2, 0.25) is 0 Å². The minimum Gasteiger partial charge on any atom is -0.406 e. The summed E-state index contributed by atoms with van der Waals surface area (Å²) >= 11 is 0. The number of ether oxygens (including phenoxy) is 1. The number of pyridine rings is 1. The van der Waals surface area contributed by atoms with Crippen LogP contribution in [-0.4, -0.2) is 29.8 Å². The van der Waals surface area contributed by atoms with Crippen LogP contribution in [0.1, 0.15) is 41.4 Å². The summed E-state index contributed by atoms with van der Waals surface area (Å²) in [5.41, 5.74) is 8.73. The SMILES string of the molecule is CC(F)c1ccc(OC(F)(F)F)cc1C1c2ccncc2C(N)=CCN1C. The highest BCUT2D eigenvalue weighted by Crippen LogP contribution is 2.40. The number of benzene rings is 1. The van der Waals surface area contributed by atoms with Crippen molar-refractivity contribution in [2.75, 3.05) is 13.6 Å². The molecule has 0 radical (unpaired) electrons. The minimum atomic E-state index is -4.83. The van der Waals surface area contributed by atoms with Crippen LogP contribution in [-0.2, 0) is 0 Å². The van der Waals surface area contributed by atoms with E-state index in [0.717, 1.165) is 11.6 Å². The van der Waals surface area contributed by atoms with Crippen LogP contribution in [0.25, 0.3) is 5.70 Å². The summed E-state index contributed by atoms with van der Waals surface area (Å²) in [5.74, 6) is -0.393. The van der Waals surface area contributed by atoms with Gasteiger partial charge in [-0.15, -0.1) is 13.2 Å². The number of nitrogens with zero attached hydrogens (tertiary/aromatic N) is 2. The van der Waals surface area contributed by atoms with E-state index in [9.17, 15) is 17.6 Å². The standard InChI is InChI=1S/C19H19F4N3O/c1-11(20)13-4-3-12(27-19(21,22)23)9-15(13)18-14-5-7-25-10-16(14)17(24)6-8-26(18)2/h3-7,9-11,18H,8,24H2,1-2H3. The number of hydrogen-bond donors (Lipinski definition) is 1. The smallest absolute Gasteiger partial charge is 0.406 e. The summed E-state index contributed by atoms with van der Waals surface area (Å²) in [6, 6.07) is 4.93. The molecule has 2 unspecified atom stereocenters. The van der Waals surface area contributed by atoms with E-state index in [1.54, 1.807) is 31.6 Å². The lowest BCUT2D eigenvalue weighted by atomic mass is 9.90. The lowest BCUT2D eigenvalue weighted by Gasteiger charge is -2.30. The van der Waals surface area contributed by atoms with Crippen LogP contribution >= 0.6 is 0 Å². The van der Waals surface area contributed by atoms with Crippen LogP contribution < -0.4 is 10.5 Å². The zero-order valence-corrected chi connectivity index (χ0v) is 14.8. The quantitative estimate of drug-likeness (QED) is 0.804. The Morgan fingerprint density at radius 3 is 2.67 bits per heavy atom. The Hall–Kier alpha value is -2.61. The van der Waals surface area contributed by atoms with Gasteiger partial charge in [-0.1, -0.05) is 6.07 Å². The fourth-order valence-electron chi connectivity index (χ4n) is 3.33. The van der Waals surface area contributed by atoms with E-state index in [0.29, 0.717) is 28.9 Å². The summed E-state index contributed by atoms with van der Waals surface area (Å²) in [7, 11) is 1.80. The number of alkyl halides is 4. The van der Waals surface area contributed by atoms with Crippen LogP contribution in [0.5, 0.6) is 5.75 Å². The van der Waals surface area contributed by atoms with E-state index >= 15 is 0 Å². The zero-order chi connectivity index (χ0) is 19.8. The van der Waals surface area contributed by atoms with E-state index in [1.165, 1.54) is 19.1 Å². The van der Waals surface area contributed by atoms with Crippen LogP contribution in [0.15, 0.2) is 42.7 Å². The molecule has 0 bridgehead atoms. The Balaban J connectivity index is 2.18. The predicted molar refractivity (Wildman–Crippen MR) is 93.5 cm³/mol. The fourth-order valence-corrected chi connectivity index (χ4v) is 3.33. The molecule has 0 saturated carbocycles. The summed E-state index contributed by atoms with van der Waals surface area (Å²) < 4.78 is 56.3. The Bertz CT molecular complexity index is 864. The van der Waals surface area contributed by atoms with E-state index in [4.69, 9.17) is 5.73 Å². The fraction of sp³-hybridized carbons (Fsp3) is 0.316. The summed E-state index contributed by atoms with van der Waals surface area (Å²) in [4.78, 5) is 5.97. The van der Waals surface area contributed by atoms with Crippen LogP contribution in [0.3, 0.4) is 0 Å². The van der Waals surface area contributed by atoms with Gasteiger partial charge in [0.25, 0.3) is 0 Å². The van der Waals surface area contributed by atoms with Crippen molar-refractivity contribution >= 4 is 5.70 Å². The normalized spacial score (nSPS) is 19.0. The third kappa shape index (κ3) is 4.05. The third-order valence-corrected chi connectivity index (χ3v) is 4.52. The highest BCUT2D eigenvalue weighted by Gasteiger charge is 2.33. The van der Waals surface area contributed by atoms with Crippen LogP contribution in [0, 0.1) is 0 Å². The molecule has 4 nitrogen and oxygen atoms in total. The maximum atomic E-state index is 14.3. The first-order valence-electron chi connectivity index (χ1n) is 8.31. The molecule has 0 amide bonds. The van der Waals surface area contributed by atoms with Gasteiger partial charge < -0.3 is 10.5 Å². The van der Waals surface area contributed by atoms with Gasteiger partial charge in [-0.3, -0.25) is 9.88 Å². The molecule has 0 spiro atoms. The highest BCUT2D eigenvalue weighted by molar-refractivity contribution is 5.67. The number of nitrogens with two attached hydrogens (primary N) is 1. The van der Waals surface area contributed by atoms with Gasteiger partial charge >= 0.3 is 6.36 Å². The topological polar surface area (TPSA) is 51.4 Å². The minimum absolute atomic E-state index is 0.296. The molecule has 27 heavy (non-hydrogen) atoms. The van der Waals surface area contributed by atoms with E-state index < -0.39 is 24.3 Å². The molecule has 3 rings (SSSR count). The Morgan fingerprint density at radius 2 is 2.00 bits per heavy atom. The van der Waals surface area contributed by atoms with Crippen molar-refractivity contribution < 1.29 is 22.3 Å². The van der Waals surface area contributed by atoms with Gasteiger partial charge in [0, 0.05) is 30.2 Å². The molecular weight excluding hydrogens is 362 g/mol. The van der Waals surface area contributed by atoms with Crippen molar-refractivity contribution in [3.63, 3.8) is 0 Å². The summed E-state index contributed by atoms with van der Waals surface area (Å²) in [6.07, 6.45) is -1.22. The van der Waals surface area contributed by atoms with E-state index in [1.807, 2.05) is 4.90 Å². The number of likely N-dealkylation sites (N-methyl/N-ethyl adjacent to an activating group) is 1. The Kier molecular flexibility index (Phi) is 5.10. The number of hydrogen-bond acceptors (Lipinski definition) is 4. The molecule has 2 aromatic rings. The summed E-state index contributed by atoms with van der Waals surface area (Å²) in [5, 5.41) is 0. The van der Waals surface area contributed by atoms with Crippen LogP contribution in [0.4, 0.5) is 17.6 Å². The Labute approximate surface area is 154 Å². The average Bonchev–Trinajstić information content (AvgIpc) is 2.70. The monoisotopic (exact) mass is 381 g/mol. The van der Waals surface area contributed by atoms with Crippen molar-refractivity contribution in [1.82, 2.24) is 9.88 Å². The van der Waals surface area contributed by atoms with Gasteiger partial charge in [-0.2, -0.15) is 0 Å². The second-order valence-corrected chi connectivity index (χ2v) is 6.42. The second-order valence-electron chi connectivity index (χ2n) is 6.42. The maximum Gasteiger partial charge on any atom is 0.573 e. The molecule has 0 fully saturated rings. The molecule has 2 heterocycles. The molecule has 0 saturated heterocycles. The number of fused-ring (bicyclic) bond motifs is 1. The molecule has 144 valence electrons. The molecule has 1 aromatic carbocycles. The number of aromatic nitrogens is 1. The first-order chi connectivity index (χ1) is 12.7. The van der Waals surface area contributed by atoms with Crippen molar-refractivity contribution in [3.8, 4) is 5.75 Å². The van der Waals surface area contributed by atoms with Crippen molar-refractivity contribution in [2.45, 2.75) is 25.5 Å². The van der Waals surface area contributed by atoms with Gasteiger partial charge in [0.15, 0.2) is 0 Å². The van der Waals surface area contributed by atoms with E-state index in [2.05, 4.69) is 9.72 Å². The van der Waals surface area contributed by atoms with Gasteiger partial charge in [-0.05, 0) is 54.9 Å². The van der Waals surface area contributed by atoms with Crippen molar-refractivity contribution in [2.24, 2.45) is 5.73 Å². The zero-order valence-electron chi connectivity index (χ0n) is 14.8. The second kappa shape index (κ2) is 7.19. The molecule has 1 aromatic heterocycles. The highest BCUT2D eigenvalue weighted by atomic mass is 19.4.